The first kappa shape index (κ1) is 12.9. The fourth-order valence-electron chi connectivity index (χ4n) is 2.16. The molecular weight excluding hydrogens is 274 g/mol. The van der Waals surface area contributed by atoms with Crippen LogP contribution < -0.4 is 5.43 Å². The second-order valence-corrected chi connectivity index (χ2v) is 4.40. The number of hydrogen-bond acceptors (Lipinski definition) is 5. The number of nitro groups is 1. The minimum absolute atomic E-state index is 0.0429. The van der Waals surface area contributed by atoms with E-state index >= 15 is 0 Å². The van der Waals surface area contributed by atoms with Crippen molar-refractivity contribution in [3.8, 4) is 17.1 Å². The van der Waals surface area contributed by atoms with Gasteiger partial charge in [-0.3, -0.25) is 14.9 Å². The zero-order chi connectivity index (χ0) is 15.0. The zero-order valence-corrected chi connectivity index (χ0v) is 10.6. The lowest BCUT2D eigenvalue weighted by Gasteiger charge is -2.05. The molecule has 0 unspecified atom stereocenters. The van der Waals surface area contributed by atoms with Crippen molar-refractivity contribution in [1.82, 2.24) is 0 Å². The zero-order valence-electron chi connectivity index (χ0n) is 10.6. The van der Waals surface area contributed by atoms with Crippen LogP contribution in [-0.2, 0) is 0 Å². The monoisotopic (exact) mass is 283 g/mol. The van der Waals surface area contributed by atoms with Gasteiger partial charge in [0.1, 0.15) is 11.3 Å². The summed E-state index contributed by atoms with van der Waals surface area (Å²) in [6.07, 6.45) is 0. The van der Waals surface area contributed by atoms with Crippen molar-refractivity contribution in [1.29, 1.82) is 0 Å². The first-order valence-corrected chi connectivity index (χ1v) is 6.07. The standard InChI is InChI=1S/C15H9NO5/c17-11-6-3-5-10(15(11)16(19)20)14-8-12(18)9-4-1-2-7-13(9)21-14/h1-8,17H. The number of para-hydroxylation sites is 2. The van der Waals surface area contributed by atoms with E-state index in [9.17, 15) is 20.0 Å². The number of fused-ring (bicyclic) bond motifs is 1. The number of rotatable bonds is 2. The summed E-state index contributed by atoms with van der Waals surface area (Å²) in [5.74, 6) is -0.436. The number of nitro benzene ring substituents is 1. The second kappa shape index (κ2) is 4.75. The summed E-state index contributed by atoms with van der Waals surface area (Å²) in [4.78, 5) is 22.4. The van der Waals surface area contributed by atoms with Crippen LogP contribution in [0.1, 0.15) is 0 Å². The van der Waals surface area contributed by atoms with Gasteiger partial charge in [-0.1, -0.05) is 18.2 Å². The largest absolute Gasteiger partial charge is 0.502 e. The Balaban J connectivity index is 2.34. The first-order chi connectivity index (χ1) is 10.1. The highest BCUT2D eigenvalue weighted by Gasteiger charge is 2.22. The molecule has 21 heavy (non-hydrogen) atoms. The molecule has 104 valence electrons. The van der Waals surface area contributed by atoms with Gasteiger partial charge in [0.05, 0.1) is 15.9 Å². The lowest BCUT2D eigenvalue weighted by molar-refractivity contribution is -0.385. The maximum absolute atomic E-state index is 12.0. The minimum Gasteiger partial charge on any atom is -0.502 e. The maximum Gasteiger partial charge on any atom is 0.321 e. The predicted molar refractivity (Wildman–Crippen MR) is 76.2 cm³/mol. The van der Waals surface area contributed by atoms with Crippen molar-refractivity contribution >= 4 is 16.7 Å². The molecule has 0 aliphatic carbocycles. The Morgan fingerprint density at radius 3 is 2.62 bits per heavy atom. The Labute approximate surface area is 118 Å². The molecule has 0 saturated heterocycles. The third kappa shape index (κ3) is 2.12. The lowest BCUT2D eigenvalue weighted by atomic mass is 10.1. The van der Waals surface area contributed by atoms with Crippen molar-refractivity contribution in [2.75, 3.05) is 0 Å². The van der Waals surface area contributed by atoms with Crippen molar-refractivity contribution in [3.63, 3.8) is 0 Å². The van der Waals surface area contributed by atoms with Gasteiger partial charge in [0, 0.05) is 6.07 Å². The van der Waals surface area contributed by atoms with Crippen LogP contribution in [0.25, 0.3) is 22.3 Å². The van der Waals surface area contributed by atoms with Gasteiger partial charge in [0.2, 0.25) is 0 Å². The molecule has 3 aromatic rings. The molecule has 0 saturated carbocycles. The Morgan fingerprint density at radius 1 is 1.10 bits per heavy atom. The molecule has 0 amide bonds. The van der Waals surface area contributed by atoms with Crippen molar-refractivity contribution < 1.29 is 14.4 Å². The average molecular weight is 283 g/mol. The lowest BCUT2D eigenvalue weighted by Crippen LogP contribution is -2.01. The Kier molecular flexibility index (Phi) is 2.91. The van der Waals surface area contributed by atoms with Crippen LogP contribution in [0, 0.1) is 10.1 Å². The van der Waals surface area contributed by atoms with E-state index in [2.05, 4.69) is 0 Å². The molecule has 0 bridgehead atoms. The normalized spacial score (nSPS) is 10.7. The molecule has 0 spiro atoms. The fourth-order valence-corrected chi connectivity index (χ4v) is 2.16. The molecule has 0 aliphatic heterocycles. The van der Waals surface area contributed by atoms with Gasteiger partial charge >= 0.3 is 5.69 Å². The van der Waals surface area contributed by atoms with E-state index in [0.29, 0.717) is 11.0 Å². The number of hydrogen-bond donors (Lipinski definition) is 1. The Bertz CT molecular complexity index is 913. The number of benzene rings is 2. The number of phenolic OH excluding ortho intramolecular Hbond substituents is 1. The van der Waals surface area contributed by atoms with E-state index in [1.807, 2.05) is 0 Å². The molecule has 3 rings (SSSR count). The third-order valence-corrected chi connectivity index (χ3v) is 3.10. The highest BCUT2D eigenvalue weighted by molar-refractivity contribution is 5.81. The van der Waals surface area contributed by atoms with Crippen LogP contribution in [-0.4, -0.2) is 10.0 Å². The minimum atomic E-state index is -0.708. The van der Waals surface area contributed by atoms with E-state index < -0.39 is 16.4 Å². The van der Waals surface area contributed by atoms with Crippen LogP contribution >= 0.6 is 0 Å². The Morgan fingerprint density at radius 2 is 1.86 bits per heavy atom. The average Bonchev–Trinajstić information content (AvgIpc) is 2.46. The number of phenols is 1. The second-order valence-electron chi connectivity index (χ2n) is 4.40. The van der Waals surface area contributed by atoms with Crippen LogP contribution in [0.2, 0.25) is 0 Å². The summed E-state index contributed by atoms with van der Waals surface area (Å²) in [5.41, 5.74) is -0.402. The molecule has 0 fully saturated rings. The SMILES string of the molecule is O=c1cc(-c2cccc(O)c2[N+](=O)[O-])oc2ccccc12. The van der Waals surface area contributed by atoms with Crippen LogP contribution in [0.5, 0.6) is 5.75 Å². The van der Waals surface area contributed by atoms with Gasteiger partial charge in [-0.15, -0.1) is 0 Å². The molecule has 6 nitrogen and oxygen atoms in total. The van der Waals surface area contributed by atoms with E-state index in [1.54, 1.807) is 24.3 Å². The van der Waals surface area contributed by atoms with Gasteiger partial charge in [-0.05, 0) is 24.3 Å². The summed E-state index contributed by atoms with van der Waals surface area (Å²) in [6, 6.07) is 11.9. The molecule has 0 radical (unpaired) electrons. The molecule has 1 N–H and O–H groups in total. The van der Waals surface area contributed by atoms with E-state index in [-0.39, 0.29) is 16.8 Å². The molecule has 1 heterocycles. The molecule has 2 aromatic carbocycles. The number of aromatic hydroxyl groups is 1. The molecular formula is C15H9NO5. The maximum atomic E-state index is 12.0. The third-order valence-electron chi connectivity index (χ3n) is 3.10. The Hall–Kier alpha value is -3.15. The quantitative estimate of drug-likeness (QED) is 0.576. The molecule has 1 aromatic heterocycles. The van der Waals surface area contributed by atoms with Crippen LogP contribution in [0.4, 0.5) is 5.69 Å². The van der Waals surface area contributed by atoms with Gasteiger partial charge in [0.25, 0.3) is 0 Å². The topological polar surface area (TPSA) is 93.6 Å². The van der Waals surface area contributed by atoms with Crippen molar-refractivity contribution in [2.45, 2.75) is 0 Å². The van der Waals surface area contributed by atoms with E-state index in [4.69, 9.17) is 4.42 Å². The van der Waals surface area contributed by atoms with Gasteiger partial charge < -0.3 is 9.52 Å². The summed E-state index contributed by atoms with van der Waals surface area (Å²) in [7, 11) is 0. The van der Waals surface area contributed by atoms with Gasteiger partial charge in [-0.2, -0.15) is 0 Å². The van der Waals surface area contributed by atoms with Gasteiger partial charge in [0.15, 0.2) is 11.2 Å². The van der Waals surface area contributed by atoms with Crippen LogP contribution in [0.3, 0.4) is 0 Å². The smallest absolute Gasteiger partial charge is 0.321 e. The number of nitrogens with zero attached hydrogens (tertiary/aromatic N) is 1. The fraction of sp³-hybridized carbons (Fsp3) is 0. The molecule has 6 heteroatoms. The highest BCUT2D eigenvalue weighted by atomic mass is 16.6. The highest BCUT2D eigenvalue weighted by Crippen LogP contribution is 2.36. The van der Waals surface area contributed by atoms with E-state index in [1.165, 1.54) is 24.3 Å². The predicted octanol–water partition coefficient (Wildman–Crippen LogP) is 3.07. The first-order valence-electron chi connectivity index (χ1n) is 6.07. The summed E-state index contributed by atoms with van der Waals surface area (Å²) < 4.78 is 5.56. The summed E-state index contributed by atoms with van der Waals surface area (Å²) in [6.45, 7) is 0. The molecule has 0 aliphatic rings. The molecule has 0 atom stereocenters. The van der Waals surface area contributed by atoms with E-state index in [0.717, 1.165) is 0 Å². The van der Waals surface area contributed by atoms with Crippen LogP contribution in [0.15, 0.2) is 57.7 Å². The summed E-state index contributed by atoms with van der Waals surface area (Å²) in [5, 5.41) is 21.1. The van der Waals surface area contributed by atoms with Crippen molar-refractivity contribution in [2.24, 2.45) is 0 Å². The summed E-state index contributed by atoms with van der Waals surface area (Å²) >= 11 is 0. The van der Waals surface area contributed by atoms with Crippen molar-refractivity contribution in [3.05, 3.63) is 68.9 Å². The van der Waals surface area contributed by atoms with Gasteiger partial charge in [-0.25, -0.2) is 0 Å².